The molecular formula is C41H53N7O16. The largest absolute Gasteiger partial charge is 0.504 e. The van der Waals surface area contributed by atoms with Crippen molar-refractivity contribution in [1.82, 2.24) is 31.9 Å². The van der Waals surface area contributed by atoms with Crippen LogP contribution in [0.25, 0.3) is 0 Å². The van der Waals surface area contributed by atoms with Crippen molar-refractivity contribution in [2.24, 2.45) is 5.73 Å². The molecular weight excluding hydrogens is 846 g/mol. The molecule has 23 heteroatoms. The van der Waals surface area contributed by atoms with Crippen molar-refractivity contribution in [2.75, 3.05) is 19.6 Å². The molecule has 348 valence electrons. The minimum Gasteiger partial charge on any atom is -0.504 e. The van der Waals surface area contributed by atoms with Crippen molar-refractivity contribution in [3.63, 3.8) is 0 Å². The summed E-state index contributed by atoms with van der Waals surface area (Å²) >= 11 is 0. The summed E-state index contributed by atoms with van der Waals surface area (Å²) < 4.78 is 0. The Morgan fingerprint density at radius 2 is 0.703 bits per heavy atom. The molecule has 0 aromatic heterocycles. The molecule has 3 aromatic rings. The van der Waals surface area contributed by atoms with E-state index >= 15 is 0 Å². The first-order valence-corrected chi connectivity index (χ1v) is 20.0. The number of amides is 7. The highest BCUT2D eigenvalue weighted by Gasteiger charge is 2.29. The minimum absolute atomic E-state index is 0.00687. The van der Waals surface area contributed by atoms with E-state index in [2.05, 4.69) is 31.9 Å². The monoisotopic (exact) mass is 899 g/mol. The maximum atomic E-state index is 13.7. The highest BCUT2D eigenvalue weighted by molar-refractivity contribution is 5.97. The Labute approximate surface area is 365 Å². The highest BCUT2D eigenvalue weighted by atomic mass is 16.3. The Morgan fingerprint density at radius 1 is 0.438 bits per heavy atom. The van der Waals surface area contributed by atoms with Gasteiger partial charge in [0, 0.05) is 43.2 Å². The average molecular weight is 900 g/mol. The Morgan fingerprint density at radius 3 is 0.984 bits per heavy atom. The van der Waals surface area contributed by atoms with Crippen LogP contribution in [0.4, 0.5) is 0 Å². The van der Waals surface area contributed by atoms with Crippen molar-refractivity contribution in [1.29, 1.82) is 0 Å². The molecule has 0 saturated heterocycles. The molecule has 3 rings (SSSR count). The second kappa shape index (κ2) is 24.0. The lowest BCUT2D eigenvalue weighted by atomic mass is 10.0. The fourth-order valence-electron chi connectivity index (χ4n) is 6.15. The first-order chi connectivity index (χ1) is 30.2. The third kappa shape index (κ3) is 15.3. The summed E-state index contributed by atoms with van der Waals surface area (Å²) in [6.45, 7) is 1.34. The van der Waals surface area contributed by atoms with E-state index in [4.69, 9.17) is 5.73 Å². The summed E-state index contributed by atoms with van der Waals surface area (Å²) in [4.78, 5) is 89.3. The minimum atomic E-state index is -1.30. The molecule has 0 aliphatic carbocycles. The molecule has 64 heavy (non-hydrogen) atoms. The molecule has 7 amide bonds. The van der Waals surface area contributed by atoms with Crippen LogP contribution >= 0.6 is 0 Å². The average Bonchev–Trinajstić information content (AvgIpc) is 3.23. The molecule has 3 aromatic carbocycles. The van der Waals surface area contributed by atoms with E-state index in [1.165, 1.54) is 6.92 Å². The van der Waals surface area contributed by atoms with Crippen LogP contribution in [0.1, 0.15) is 95.8 Å². The smallest absolute Gasteiger partial charge is 0.251 e. The van der Waals surface area contributed by atoms with Crippen LogP contribution in [0, 0.1) is 0 Å². The van der Waals surface area contributed by atoms with E-state index in [1.54, 1.807) is 0 Å². The van der Waals surface area contributed by atoms with E-state index in [0.29, 0.717) is 0 Å². The summed E-state index contributed by atoms with van der Waals surface area (Å²) in [5.41, 5.74) is 5.17. The van der Waals surface area contributed by atoms with Gasteiger partial charge in [0.25, 0.3) is 17.7 Å². The number of nitrogens with two attached hydrogens (primary N) is 1. The first-order valence-electron chi connectivity index (χ1n) is 20.0. The molecule has 0 spiro atoms. The fourth-order valence-corrected chi connectivity index (χ4v) is 6.15. The molecule has 0 saturated carbocycles. The van der Waals surface area contributed by atoms with Crippen LogP contribution in [-0.2, 0) is 19.2 Å². The highest BCUT2D eigenvalue weighted by Crippen LogP contribution is 2.37. The van der Waals surface area contributed by atoms with Crippen LogP contribution in [-0.4, -0.2) is 125 Å². The molecule has 0 aliphatic rings. The van der Waals surface area contributed by atoms with Crippen molar-refractivity contribution in [3.05, 3.63) is 53.1 Å². The second-order valence-corrected chi connectivity index (χ2v) is 14.6. The molecule has 0 unspecified atom stereocenters. The van der Waals surface area contributed by atoms with Crippen molar-refractivity contribution < 1.29 is 79.5 Å². The number of carbonyl (C=O) groups excluding carboxylic acids is 7. The van der Waals surface area contributed by atoms with Gasteiger partial charge in [-0.1, -0.05) is 0 Å². The molecule has 0 fully saturated rings. The lowest BCUT2D eigenvalue weighted by Gasteiger charge is -2.25. The van der Waals surface area contributed by atoms with Crippen LogP contribution in [0.15, 0.2) is 36.4 Å². The van der Waals surface area contributed by atoms with Gasteiger partial charge < -0.3 is 83.6 Å². The van der Waals surface area contributed by atoms with E-state index < -0.39 is 111 Å². The van der Waals surface area contributed by atoms with Crippen LogP contribution in [0.5, 0.6) is 51.7 Å². The predicted molar refractivity (Wildman–Crippen MR) is 224 cm³/mol. The number of aromatic hydroxyl groups is 9. The normalized spacial score (nSPS) is 12.2. The SMILES string of the molecule is CC(=O)N[C@H](CCCCNC(=O)c1cc(O)c(O)c(O)c1)C(=O)N[C@H](CCCCNC(=O)c1cc(O)c(O)c(O)c1)C(=O)N[C@H](CCCCNC(=O)c1cc(O)c(O)c(O)c1)C(N)=O. The van der Waals surface area contributed by atoms with Gasteiger partial charge in [0.15, 0.2) is 51.7 Å². The van der Waals surface area contributed by atoms with Crippen LogP contribution < -0.4 is 37.6 Å². The zero-order valence-electron chi connectivity index (χ0n) is 34.6. The Balaban J connectivity index is 1.63. The van der Waals surface area contributed by atoms with Crippen molar-refractivity contribution in [3.8, 4) is 51.7 Å². The van der Waals surface area contributed by atoms with Gasteiger partial charge in [-0.05, 0) is 94.2 Å². The van der Waals surface area contributed by atoms with E-state index in [1.807, 2.05) is 0 Å². The quantitative estimate of drug-likeness (QED) is 0.0419. The number of hydrogen-bond donors (Lipinski definition) is 16. The van der Waals surface area contributed by atoms with Gasteiger partial charge >= 0.3 is 0 Å². The van der Waals surface area contributed by atoms with Gasteiger partial charge in [0.2, 0.25) is 23.6 Å². The van der Waals surface area contributed by atoms with Gasteiger partial charge in [0.05, 0.1) is 0 Å². The number of benzene rings is 3. The van der Waals surface area contributed by atoms with E-state index in [-0.39, 0.29) is 94.1 Å². The van der Waals surface area contributed by atoms with Gasteiger partial charge in [-0.3, -0.25) is 33.6 Å². The molecule has 3 atom stereocenters. The number of hydrogen-bond acceptors (Lipinski definition) is 16. The van der Waals surface area contributed by atoms with Crippen LogP contribution in [0.3, 0.4) is 0 Å². The molecule has 0 aliphatic heterocycles. The van der Waals surface area contributed by atoms with Gasteiger partial charge in [0.1, 0.15) is 18.1 Å². The first kappa shape index (κ1) is 50.5. The van der Waals surface area contributed by atoms with Gasteiger partial charge in [-0.15, -0.1) is 0 Å². The summed E-state index contributed by atoms with van der Waals surface area (Å²) in [6, 6.07) is 2.01. The third-order valence-electron chi connectivity index (χ3n) is 9.60. The topological polar surface area (TPSA) is 400 Å². The summed E-state index contributed by atoms with van der Waals surface area (Å²) in [5, 5.41) is 102. The molecule has 0 radical (unpaired) electrons. The fraction of sp³-hybridized carbons (Fsp3) is 0.390. The van der Waals surface area contributed by atoms with Gasteiger partial charge in [-0.2, -0.15) is 0 Å². The van der Waals surface area contributed by atoms with Crippen molar-refractivity contribution in [2.45, 2.75) is 82.8 Å². The predicted octanol–water partition coefficient (Wildman–Crippen LogP) is 0.0973. The molecule has 0 heterocycles. The van der Waals surface area contributed by atoms with E-state index in [9.17, 15) is 79.5 Å². The molecule has 23 nitrogen and oxygen atoms in total. The number of carbonyl (C=O) groups is 7. The third-order valence-corrected chi connectivity index (χ3v) is 9.60. The summed E-state index contributed by atoms with van der Waals surface area (Å²) in [7, 11) is 0. The maximum absolute atomic E-state index is 13.7. The zero-order valence-corrected chi connectivity index (χ0v) is 34.6. The van der Waals surface area contributed by atoms with Crippen LogP contribution in [0.2, 0.25) is 0 Å². The summed E-state index contributed by atoms with van der Waals surface area (Å²) in [6.07, 6.45) is 1.52. The zero-order chi connectivity index (χ0) is 47.7. The Kier molecular flexibility index (Phi) is 18.9. The number of primary amides is 1. The maximum Gasteiger partial charge on any atom is 0.251 e. The number of nitrogens with one attached hydrogen (secondary N) is 6. The van der Waals surface area contributed by atoms with Gasteiger partial charge in [-0.25, -0.2) is 0 Å². The van der Waals surface area contributed by atoms with E-state index in [0.717, 1.165) is 36.4 Å². The van der Waals surface area contributed by atoms with Crippen molar-refractivity contribution >= 4 is 41.4 Å². The lowest BCUT2D eigenvalue weighted by molar-refractivity contribution is -0.133. The second-order valence-electron chi connectivity index (χ2n) is 14.6. The molecule has 17 N–H and O–H groups in total. The molecule has 0 bridgehead atoms. The number of rotatable bonds is 24. The number of phenols is 9. The standard InChI is InChI=1S/C41H53N7O16/c1-20(49)46-25(9-3-6-12-44-38(61)22-16-29(52)34(57)30(53)17-22)40(63)48-26(10-4-7-13-45-39(62)23-18-31(54)35(58)32(55)19-23)41(64)47-24(36(42)59)8-2-5-11-43-37(60)21-14-27(50)33(56)28(51)15-21/h14-19,24-26,50-58H,2-13H2,1H3,(H2,42,59)(H,43,60)(H,44,61)(H,45,62)(H,46,49)(H,47,64)(H,48,63)/t24-,25-,26-/m1/s1. The number of unbranched alkanes of at least 4 members (excludes halogenated alkanes) is 3. The lowest BCUT2D eigenvalue weighted by Crippen LogP contribution is -2.56. The summed E-state index contributed by atoms with van der Waals surface area (Å²) in [5.74, 6) is -11.8. The number of phenolic OH excluding ortho intramolecular Hbond substituents is 9. The Bertz CT molecular complexity index is 2130. The Hall–Kier alpha value is -7.85.